The van der Waals surface area contributed by atoms with Crippen molar-refractivity contribution in [2.24, 2.45) is 0 Å². The van der Waals surface area contributed by atoms with E-state index in [1.807, 2.05) is 0 Å². The summed E-state index contributed by atoms with van der Waals surface area (Å²) in [6.07, 6.45) is 8.54. The zero-order valence-corrected chi connectivity index (χ0v) is 11.0. The van der Waals surface area contributed by atoms with Crippen LogP contribution in [0.25, 0.3) is 0 Å². The van der Waals surface area contributed by atoms with Gasteiger partial charge in [-0.15, -0.1) is 0 Å². The fourth-order valence-corrected chi connectivity index (χ4v) is 2.49. The third-order valence-corrected chi connectivity index (χ3v) is 3.65. The van der Waals surface area contributed by atoms with Gasteiger partial charge in [0.15, 0.2) is 0 Å². The molecular weight excluding hydrogens is 236 g/mol. The molecule has 1 aromatic heterocycles. The van der Waals surface area contributed by atoms with Crippen LogP contribution in [0.2, 0.25) is 5.02 Å². The van der Waals surface area contributed by atoms with Crippen molar-refractivity contribution in [2.45, 2.75) is 31.7 Å². The van der Waals surface area contributed by atoms with Crippen molar-refractivity contribution in [3.05, 3.63) is 17.5 Å². The molecule has 1 aliphatic carbocycles. The largest absolute Gasteiger partial charge is 0.367 e. The molecule has 0 radical (unpaired) electrons. The van der Waals surface area contributed by atoms with Gasteiger partial charge in [-0.3, -0.25) is 0 Å². The molecule has 0 bridgehead atoms. The molecule has 2 rings (SSSR count). The van der Waals surface area contributed by atoms with E-state index in [4.69, 9.17) is 11.6 Å². The lowest BCUT2D eigenvalue weighted by molar-refractivity contribution is 0.254. The standard InChI is InChI=1S/C12H19ClN4/c1-17(10-4-2-3-5-10)7-6-15-12-11(13)8-14-9-16-12/h8-10H,2-7H2,1H3,(H,14,15,16). The van der Waals surface area contributed by atoms with Crippen molar-refractivity contribution in [2.75, 3.05) is 25.5 Å². The second-order valence-electron chi connectivity index (χ2n) is 4.56. The molecule has 5 heteroatoms. The van der Waals surface area contributed by atoms with Crippen molar-refractivity contribution in [1.29, 1.82) is 0 Å². The lowest BCUT2D eigenvalue weighted by Gasteiger charge is -2.24. The predicted octanol–water partition coefficient (Wildman–Crippen LogP) is 2.42. The molecule has 1 aromatic rings. The molecule has 0 amide bonds. The molecule has 0 aromatic carbocycles. The highest BCUT2D eigenvalue weighted by molar-refractivity contribution is 6.32. The molecule has 0 spiro atoms. The molecule has 94 valence electrons. The zero-order chi connectivity index (χ0) is 12.1. The fourth-order valence-electron chi connectivity index (χ4n) is 2.32. The second kappa shape index (κ2) is 6.17. The van der Waals surface area contributed by atoms with Crippen LogP contribution < -0.4 is 5.32 Å². The van der Waals surface area contributed by atoms with Crippen molar-refractivity contribution in [3.8, 4) is 0 Å². The maximum Gasteiger partial charge on any atom is 0.148 e. The van der Waals surface area contributed by atoms with E-state index in [-0.39, 0.29) is 0 Å². The van der Waals surface area contributed by atoms with E-state index in [2.05, 4.69) is 27.2 Å². The smallest absolute Gasteiger partial charge is 0.148 e. The SMILES string of the molecule is CN(CCNc1ncncc1Cl)C1CCCC1. The number of rotatable bonds is 5. The van der Waals surface area contributed by atoms with Gasteiger partial charge in [-0.25, -0.2) is 9.97 Å². The normalized spacial score (nSPS) is 16.6. The van der Waals surface area contributed by atoms with E-state index in [9.17, 15) is 0 Å². The Bertz CT molecular complexity index is 352. The number of likely N-dealkylation sites (N-methyl/N-ethyl adjacent to an activating group) is 1. The molecule has 1 saturated carbocycles. The van der Waals surface area contributed by atoms with Crippen LogP contribution >= 0.6 is 11.6 Å². The maximum atomic E-state index is 5.97. The second-order valence-corrected chi connectivity index (χ2v) is 4.97. The third kappa shape index (κ3) is 3.54. The molecule has 1 fully saturated rings. The Kier molecular flexibility index (Phi) is 4.57. The first-order chi connectivity index (χ1) is 8.27. The van der Waals surface area contributed by atoms with Gasteiger partial charge in [-0.2, -0.15) is 0 Å². The summed E-state index contributed by atoms with van der Waals surface area (Å²) < 4.78 is 0. The van der Waals surface area contributed by atoms with Gasteiger partial charge >= 0.3 is 0 Å². The summed E-state index contributed by atoms with van der Waals surface area (Å²) in [6.45, 7) is 1.88. The van der Waals surface area contributed by atoms with Crippen molar-refractivity contribution in [3.63, 3.8) is 0 Å². The van der Waals surface area contributed by atoms with Crippen molar-refractivity contribution < 1.29 is 0 Å². The summed E-state index contributed by atoms with van der Waals surface area (Å²) in [5.74, 6) is 0.724. The monoisotopic (exact) mass is 254 g/mol. The topological polar surface area (TPSA) is 41.0 Å². The minimum absolute atomic E-state index is 0.580. The molecule has 0 unspecified atom stereocenters. The molecule has 0 aliphatic heterocycles. The van der Waals surface area contributed by atoms with E-state index >= 15 is 0 Å². The maximum absolute atomic E-state index is 5.97. The molecule has 1 aliphatic rings. The number of aromatic nitrogens is 2. The Morgan fingerprint density at radius 2 is 2.24 bits per heavy atom. The summed E-state index contributed by atoms with van der Waals surface area (Å²) in [7, 11) is 2.19. The number of anilines is 1. The summed E-state index contributed by atoms with van der Waals surface area (Å²) in [6, 6.07) is 0.762. The van der Waals surface area contributed by atoms with Gasteiger partial charge < -0.3 is 10.2 Å². The molecule has 0 saturated heterocycles. The van der Waals surface area contributed by atoms with Crippen LogP contribution in [0.3, 0.4) is 0 Å². The number of nitrogens with one attached hydrogen (secondary N) is 1. The first kappa shape index (κ1) is 12.6. The first-order valence-electron chi connectivity index (χ1n) is 6.17. The third-order valence-electron chi connectivity index (χ3n) is 3.37. The Morgan fingerprint density at radius 3 is 2.94 bits per heavy atom. The van der Waals surface area contributed by atoms with Gasteiger partial charge in [0.25, 0.3) is 0 Å². The van der Waals surface area contributed by atoms with E-state index in [0.29, 0.717) is 5.02 Å². The fraction of sp³-hybridized carbons (Fsp3) is 0.667. The summed E-state index contributed by atoms with van der Waals surface area (Å²) in [4.78, 5) is 10.4. The molecule has 1 N–H and O–H groups in total. The van der Waals surface area contributed by atoms with Crippen molar-refractivity contribution >= 4 is 17.4 Å². The van der Waals surface area contributed by atoms with Gasteiger partial charge in [-0.1, -0.05) is 24.4 Å². The quantitative estimate of drug-likeness (QED) is 0.876. The molecular formula is C12H19ClN4. The summed E-state index contributed by atoms with van der Waals surface area (Å²) >= 11 is 5.97. The minimum atomic E-state index is 0.580. The van der Waals surface area contributed by atoms with Gasteiger partial charge in [-0.05, 0) is 19.9 Å². The van der Waals surface area contributed by atoms with Crippen LogP contribution in [-0.2, 0) is 0 Å². The van der Waals surface area contributed by atoms with Crippen molar-refractivity contribution in [1.82, 2.24) is 14.9 Å². The van der Waals surface area contributed by atoms with E-state index in [0.717, 1.165) is 24.9 Å². The van der Waals surface area contributed by atoms with E-state index in [1.54, 1.807) is 6.20 Å². The zero-order valence-electron chi connectivity index (χ0n) is 10.2. The Labute approximate surface area is 107 Å². The molecule has 4 nitrogen and oxygen atoms in total. The Balaban J connectivity index is 1.74. The van der Waals surface area contributed by atoms with Crippen LogP contribution in [0, 0.1) is 0 Å². The highest BCUT2D eigenvalue weighted by Crippen LogP contribution is 2.22. The number of nitrogens with zero attached hydrogens (tertiary/aromatic N) is 3. The minimum Gasteiger partial charge on any atom is -0.367 e. The summed E-state index contributed by atoms with van der Waals surface area (Å²) in [5.41, 5.74) is 0. The Morgan fingerprint density at radius 1 is 1.47 bits per heavy atom. The molecule has 0 atom stereocenters. The highest BCUT2D eigenvalue weighted by atomic mass is 35.5. The highest BCUT2D eigenvalue weighted by Gasteiger charge is 2.18. The van der Waals surface area contributed by atoms with Crippen LogP contribution in [0.1, 0.15) is 25.7 Å². The number of halogens is 1. The van der Waals surface area contributed by atoms with Gasteiger partial charge in [0, 0.05) is 19.1 Å². The first-order valence-corrected chi connectivity index (χ1v) is 6.55. The van der Waals surface area contributed by atoms with Crippen LogP contribution in [0.15, 0.2) is 12.5 Å². The number of hydrogen-bond donors (Lipinski definition) is 1. The van der Waals surface area contributed by atoms with Crippen LogP contribution in [0.5, 0.6) is 0 Å². The lowest BCUT2D eigenvalue weighted by Crippen LogP contribution is -2.33. The average Bonchev–Trinajstić information content (AvgIpc) is 2.85. The van der Waals surface area contributed by atoms with Crippen LogP contribution in [-0.4, -0.2) is 41.0 Å². The average molecular weight is 255 g/mol. The molecule has 17 heavy (non-hydrogen) atoms. The Hall–Kier alpha value is -0.870. The van der Waals surface area contributed by atoms with E-state index < -0.39 is 0 Å². The van der Waals surface area contributed by atoms with Gasteiger partial charge in [0.1, 0.15) is 17.2 Å². The summed E-state index contributed by atoms with van der Waals surface area (Å²) in [5, 5.41) is 3.82. The molecule has 1 heterocycles. The van der Waals surface area contributed by atoms with Gasteiger partial charge in [0.05, 0.1) is 6.20 Å². The van der Waals surface area contributed by atoms with Crippen LogP contribution in [0.4, 0.5) is 5.82 Å². The predicted molar refractivity (Wildman–Crippen MR) is 70.4 cm³/mol. The van der Waals surface area contributed by atoms with Gasteiger partial charge in [0.2, 0.25) is 0 Å². The lowest BCUT2D eigenvalue weighted by atomic mass is 10.2. The van der Waals surface area contributed by atoms with E-state index in [1.165, 1.54) is 32.0 Å². The number of hydrogen-bond acceptors (Lipinski definition) is 4.